The van der Waals surface area contributed by atoms with Gasteiger partial charge in [0.15, 0.2) is 0 Å². The largest absolute Gasteiger partial charge is 0.352 e. The Bertz CT molecular complexity index is 129. The zero-order valence-corrected chi connectivity index (χ0v) is 5.61. The molecule has 0 aromatic carbocycles. The van der Waals surface area contributed by atoms with Gasteiger partial charge in [-0.15, -0.1) is 0 Å². The van der Waals surface area contributed by atoms with E-state index in [4.69, 9.17) is 5.73 Å². The van der Waals surface area contributed by atoms with Crippen LogP contribution in [-0.2, 0) is 0 Å². The summed E-state index contributed by atoms with van der Waals surface area (Å²) in [5.41, 5.74) is 5.03. The maximum absolute atomic E-state index is 10.3. The number of nitrogens with one attached hydrogen (secondary N) is 1. The third-order valence-corrected chi connectivity index (χ3v) is 1.92. The van der Waals surface area contributed by atoms with Crippen LogP contribution in [0.15, 0.2) is 0 Å². The first-order valence-corrected chi connectivity index (χ1v) is 3.26. The second-order valence-electron chi connectivity index (χ2n) is 2.62. The normalized spacial score (nSPS) is 21.0. The Morgan fingerprint density at radius 3 is 2.44 bits per heavy atom. The summed E-state index contributed by atoms with van der Waals surface area (Å²) in [5, 5.41) is 2.72. The van der Waals surface area contributed by atoms with Crippen LogP contribution in [0.3, 0.4) is 0 Å². The lowest BCUT2D eigenvalue weighted by atomic mass is 10.2. The lowest BCUT2D eigenvalue weighted by molar-refractivity contribution is 0.243. The summed E-state index contributed by atoms with van der Waals surface area (Å²) in [6.07, 6.45) is 3.18. The van der Waals surface area contributed by atoms with Crippen LogP contribution < -0.4 is 11.1 Å². The van der Waals surface area contributed by atoms with Gasteiger partial charge in [0.05, 0.1) is 0 Å². The molecule has 1 aliphatic rings. The molecule has 0 aromatic rings. The van der Waals surface area contributed by atoms with Crippen LogP contribution in [0, 0.1) is 0 Å². The number of hydrogen-bond donors (Lipinski definition) is 2. The number of hydrogen-bond acceptors (Lipinski definition) is 1. The van der Waals surface area contributed by atoms with Crippen molar-refractivity contribution in [1.82, 2.24) is 5.32 Å². The van der Waals surface area contributed by atoms with Gasteiger partial charge in [-0.1, -0.05) is 6.92 Å². The molecule has 1 saturated carbocycles. The highest BCUT2D eigenvalue weighted by Crippen LogP contribution is 2.37. The predicted octanol–water partition coefficient (Wildman–Crippen LogP) is 0.597. The fraction of sp³-hybridized carbons (Fsp3) is 0.833. The van der Waals surface area contributed by atoms with Crippen molar-refractivity contribution >= 4 is 6.03 Å². The number of carbonyl (C=O) groups excluding carboxylic acids is 1. The fourth-order valence-corrected chi connectivity index (χ4v) is 0.979. The van der Waals surface area contributed by atoms with Gasteiger partial charge in [-0.25, -0.2) is 4.79 Å². The van der Waals surface area contributed by atoms with Gasteiger partial charge in [-0.2, -0.15) is 0 Å². The molecule has 0 spiro atoms. The lowest BCUT2D eigenvalue weighted by Gasteiger charge is -2.11. The Morgan fingerprint density at radius 2 is 2.33 bits per heavy atom. The maximum Gasteiger partial charge on any atom is 0.312 e. The topological polar surface area (TPSA) is 55.1 Å². The Balaban J connectivity index is 2.33. The molecular weight excluding hydrogens is 116 g/mol. The third-order valence-electron chi connectivity index (χ3n) is 1.92. The molecule has 9 heavy (non-hydrogen) atoms. The van der Waals surface area contributed by atoms with Crippen molar-refractivity contribution in [3.63, 3.8) is 0 Å². The number of amides is 2. The highest BCUT2D eigenvalue weighted by Gasteiger charge is 2.41. The fourth-order valence-electron chi connectivity index (χ4n) is 0.979. The van der Waals surface area contributed by atoms with E-state index in [0.717, 1.165) is 19.3 Å². The summed E-state index contributed by atoms with van der Waals surface area (Å²) in [5.74, 6) is 0. The van der Waals surface area contributed by atoms with Crippen molar-refractivity contribution in [3.05, 3.63) is 0 Å². The summed E-state index contributed by atoms with van der Waals surface area (Å²) >= 11 is 0. The lowest BCUT2D eigenvalue weighted by Crippen LogP contribution is -2.39. The highest BCUT2D eigenvalue weighted by molar-refractivity contribution is 5.73. The molecule has 0 aliphatic heterocycles. The molecule has 3 N–H and O–H groups in total. The van der Waals surface area contributed by atoms with Crippen LogP contribution in [0.2, 0.25) is 0 Å². The van der Waals surface area contributed by atoms with Crippen LogP contribution in [0.4, 0.5) is 4.79 Å². The van der Waals surface area contributed by atoms with Crippen molar-refractivity contribution in [3.8, 4) is 0 Å². The first-order valence-electron chi connectivity index (χ1n) is 3.26. The summed E-state index contributed by atoms with van der Waals surface area (Å²) in [4.78, 5) is 10.3. The van der Waals surface area contributed by atoms with E-state index in [-0.39, 0.29) is 5.54 Å². The van der Waals surface area contributed by atoms with E-state index in [1.54, 1.807) is 0 Å². The van der Waals surface area contributed by atoms with Gasteiger partial charge in [-0.05, 0) is 19.3 Å². The summed E-state index contributed by atoms with van der Waals surface area (Å²) in [7, 11) is 0. The minimum Gasteiger partial charge on any atom is -0.352 e. The van der Waals surface area contributed by atoms with E-state index < -0.39 is 6.03 Å². The second kappa shape index (κ2) is 1.90. The van der Waals surface area contributed by atoms with E-state index in [9.17, 15) is 4.79 Å². The van der Waals surface area contributed by atoms with Crippen molar-refractivity contribution in [1.29, 1.82) is 0 Å². The Morgan fingerprint density at radius 1 is 1.78 bits per heavy atom. The zero-order valence-electron chi connectivity index (χ0n) is 5.61. The number of urea groups is 1. The molecule has 1 aliphatic carbocycles. The van der Waals surface area contributed by atoms with Gasteiger partial charge < -0.3 is 11.1 Å². The van der Waals surface area contributed by atoms with Gasteiger partial charge in [-0.3, -0.25) is 0 Å². The van der Waals surface area contributed by atoms with E-state index in [1.165, 1.54) is 0 Å². The molecule has 0 unspecified atom stereocenters. The van der Waals surface area contributed by atoms with Crippen molar-refractivity contribution in [2.24, 2.45) is 5.73 Å². The molecule has 0 aromatic heterocycles. The first kappa shape index (κ1) is 6.39. The van der Waals surface area contributed by atoms with Gasteiger partial charge in [0.2, 0.25) is 0 Å². The zero-order chi connectivity index (χ0) is 6.91. The summed E-state index contributed by atoms with van der Waals surface area (Å²) < 4.78 is 0. The number of carbonyl (C=O) groups is 1. The molecule has 0 heterocycles. The molecule has 52 valence electrons. The maximum atomic E-state index is 10.3. The van der Waals surface area contributed by atoms with Crippen LogP contribution in [-0.4, -0.2) is 11.6 Å². The molecule has 0 bridgehead atoms. The molecule has 0 atom stereocenters. The molecule has 0 saturated heterocycles. The Labute approximate surface area is 54.6 Å². The van der Waals surface area contributed by atoms with Gasteiger partial charge >= 0.3 is 6.03 Å². The van der Waals surface area contributed by atoms with Gasteiger partial charge in [0.1, 0.15) is 0 Å². The van der Waals surface area contributed by atoms with Crippen LogP contribution in [0.25, 0.3) is 0 Å². The number of rotatable bonds is 2. The molecule has 1 rings (SSSR count). The SMILES string of the molecule is CCC1(NC(N)=O)CC1. The molecule has 2 amide bonds. The summed E-state index contributed by atoms with van der Waals surface area (Å²) in [6, 6.07) is -0.394. The van der Waals surface area contributed by atoms with Gasteiger partial charge in [0, 0.05) is 5.54 Å². The average Bonchev–Trinajstić information content (AvgIpc) is 2.48. The molecule has 3 nitrogen and oxygen atoms in total. The Kier molecular flexibility index (Phi) is 1.35. The molecule has 1 fully saturated rings. The van der Waals surface area contributed by atoms with E-state index >= 15 is 0 Å². The van der Waals surface area contributed by atoms with E-state index in [0.29, 0.717) is 0 Å². The Hall–Kier alpha value is -0.730. The number of primary amides is 1. The minimum absolute atomic E-state index is 0.0891. The van der Waals surface area contributed by atoms with Crippen LogP contribution in [0.5, 0.6) is 0 Å². The first-order chi connectivity index (χ1) is 4.18. The molecule has 3 heteroatoms. The van der Waals surface area contributed by atoms with Crippen molar-refractivity contribution < 1.29 is 4.79 Å². The third kappa shape index (κ3) is 1.34. The molecule has 0 radical (unpaired) electrons. The van der Waals surface area contributed by atoms with Crippen molar-refractivity contribution in [2.75, 3.05) is 0 Å². The second-order valence-corrected chi connectivity index (χ2v) is 2.62. The monoisotopic (exact) mass is 128 g/mol. The van der Waals surface area contributed by atoms with Crippen LogP contribution in [0.1, 0.15) is 26.2 Å². The van der Waals surface area contributed by atoms with Crippen LogP contribution >= 0.6 is 0 Å². The summed E-state index contributed by atoms with van der Waals surface area (Å²) in [6.45, 7) is 2.06. The predicted molar refractivity (Wildman–Crippen MR) is 35.0 cm³/mol. The smallest absolute Gasteiger partial charge is 0.312 e. The highest BCUT2D eigenvalue weighted by atomic mass is 16.2. The number of nitrogens with two attached hydrogens (primary N) is 1. The standard InChI is InChI=1S/C6H12N2O/c1-2-6(3-4-6)8-5(7)9/h2-4H2,1H3,(H3,7,8,9). The van der Waals surface area contributed by atoms with E-state index in [1.807, 2.05) is 0 Å². The van der Waals surface area contributed by atoms with E-state index in [2.05, 4.69) is 12.2 Å². The minimum atomic E-state index is -0.394. The quantitative estimate of drug-likeness (QED) is 0.562. The molecular formula is C6H12N2O. The van der Waals surface area contributed by atoms with Gasteiger partial charge in [0.25, 0.3) is 0 Å². The average molecular weight is 128 g/mol. The van der Waals surface area contributed by atoms with Crippen molar-refractivity contribution in [2.45, 2.75) is 31.7 Å².